The van der Waals surface area contributed by atoms with Gasteiger partial charge in [-0.3, -0.25) is 4.79 Å². The molecule has 0 saturated heterocycles. The summed E-state index contributed by atoms with van der Waals surface area (Å²) in [7, 11) is 0. The molecule has 0 unspecified atom stereocenters. The summed E-state index contributed by atoms with van der Waals surface area (Å²) in [6.07, 6.45) is 0.488. The zero-order valence-corrected chi connectivity index (χ0v) is 15.7. The first-order valence-corrected chi connectivity index (χ1v) is 8.60. The van der Waals surface area contributed by atoms with Crippen molar-refractivity contribution < 1.29 is 14.3 Å². The Labute approximate surface area is 152 Å². The van der Waals surface area contributed by atoms with E-state index in [9.17, 15) is 9.59 Å². The topological polar surface area (TPSA) is 71.2 Å². The fourth-order valence-electron chi connectivity index (χ4n) is 2.62. The van der Waals surface area contributed by atoms with Crippen LogP contribution in [0.1, 0.15) is 51.5 Å². The number of aryl methyl sites for hydroxylation is 1. The second-order valence-electron chi connectivity index (χ2n) is 6.21. The number of aromatic nitrogens is 1. The third-order valence-electron chi connectivity index (χ3n) is 3.82. The highest BCUT2D eigenvalue weighted by molar-refractivity contribution is 6.30. The van der Waals surface area contributed by atoms with E-state index in [2.05, 4.69) is 10.3 Å². The Hall–Kier alpha value is -2.27. The molecule has 2 aromatic rings. The number of carbonyl (C=O) groups excluding carboxylic acids is 2. The molecule has 1 aromatic carbocycles. The molecule has 0 spiro atoms. The van der Waals surface area contributed by atoms with Gasteiger partial charge in [0.25, 0.3) is 5.91 Å². The average molecular weight is 363 g/mol. The quantitative estimate of drug-likeness (QED) is 0.767. The third kappa shape index (κ3) is 4.86. The normalized spacial score (nSPS) is 10.8. The number of H-pyrrole nitrogens is 1. The highest BCUT2D eigenvalue weighted by Crippen LogP contribution is 2.19. The summed E-state index contributed by atoms with van der Waals surface area (Å²) in [5.74, 6) is -0.653. The molecular formula is C19H23ClN2O3. The van der Waals surface area contributed by atoms with Crippen molar-refractivity contribution in [1.29, 1.82) is 0 Å². The third-order valence-corrected chi connectivity index (χ3v) is 4.08. The molecule has 25 heavy (non-hydrogen) atoms. The SMILES string of the molecule is Cc1[nH]c(C(=O)NCCc2ccc(Cl)cc2)c(C)c1C(=O)OC(C)C. The van der Waals surface area contributed by atoms with Crippen molar-refractivity contribution in [3.05, 3.63) is 57.4 Å². The molecule has 1 heterocycles. The van der Waals surface area contributed by atoms with Crippen LogP contribution in [0.4, 0.5) is 0 Å². The van der Waals surface area contributed by atoms with Crippen LogP contribution in [0.15, 0.2) is 24.3 Å². The van der Waals surface area contributed by atoms with E-state index in [4.69, 9.17) is 16.3 Å². The first kappa shape index (κ1) is 19.1. The van der Waals surface area contributed by atoms with Crippen molar-refractivity contribution >= 4 is 23.5 Å². The number of esters is 1. The van der Waals surface area contributed by atoms with Gasteiger partial charge in [-0.25, -0.2) is 4.79 Å². The molecule has 0 aliphatic carbocycles. The molecule has 0 aliphatic heterocycles. The maximum absolute atomic E-state index is 12.4. The monoisotopic (exact) mass is 362 g/mol. The second kappa shape index (κ2) is 8.21. The molecule has 0 fully saturated rings. The average Bonchev–Trinajstić information content (AvgIpc) is 2.83. The lowest BCUT2D eigenvalue weighted by atomic mass is 10.1. The Bertz CT molecular complexity index is 764. The molecule has 2 N–H and O–H groups in total. The van der Waals surface area contributed by atoms with E-state index in [1.807, 2.05) is 24.3 Å². The van der Waals surface area contributed by atoms with Crippen molar-refractivity contribution in [2.24, 2.45) is 0 Å². The van der Waals surface area contributed by atoms with Crippen LogP contribution in [0.5, 0.6) is 0 Å². The fourth-order valence-corrected chi connectivity index (χ4v) is 2.74. The Kier molecular flexibility index (Phi) is 6.26. The van der Waals surface area contributed by atoms with Crippen LogP contribution >= 0.6 is 11.6 Å². The predicted octanol–water partition coefficient (Wildman–Crippen LogP) is 3.82. The van der Waals surface area contributed by atoms with Gasteiger partial charge in [0.1, 0.15) is 5.69 Å². The number of carbonyl (C=O) groups is 2. The highest BCUT2D eigenvalue weighted by Gasteiger charge is 2.23. The van der Waals surface area contributed by atoms with Gasteiger partial charge in [-0.1, -0.05) is 23.7 Å². The van der Waals surface area contributed by atoms with Gasteiger partial charge in [-0.05, 0) is 57.4 Å². The Morgan fingerprint density at radius 3 is 2.44 bits per heavy atom. The zero-order valence-electron chi connectivity index (χ0n) is 14.9. The number of hydrogen-bond donors (Lipinski definition) is 2. The van der Waals surface area contributed by atoms with E-state index in [0.29, 0.717) is 40.5 Å². The van der Waals surface area contributed by atoms with Crippen molar-refractivity contribution in [3.63, 3.8) is 0 Å². The first-order chi connectivity index (χ1) is 11.8. The number of rotatable bonds is 6. The van der Waals surface area contributed by atoms with Gasteiger partial charge >= 0.3 is 5.97 Å². The van der Waals surface area contributed by atoms with Crippen LogP contribution in [0.25, 0.3) is 0 Å². The molecule has 0 bridgehead atoms. The predicted molar refractivity (Wildman–Crippen MR) is 98.3 cm³/mol. The van der Waals surface area contributed by atoms with Gasteiger partial charge in [-0.2, -0.15) is 0 Å². The molecular weight excluding hydrogens is 340 g/mol. The van der Waals surface area contributed by atoms with Crippen LogP contribution in [-0.4, -0.2) is 29.5 Å². The van der Waals surface area contributed by atoms with Gasteiger partial charge < -0.3 is 15.0 Å². The summed E-state index contributed by atoms with van der Waals surface area (Å²) in [5.41, 5.74) is 3.14. The van der Waals surface area contributed by atoms with E-state index in [-0.39, 0.29) is 12.0 Å². The molecule has 1 aromatic heterocycles. The van der Waals surface area contributed by atoms with Crippen LogP contribution in [0.3, 0.4) is 0 Å². The minimum absolute atomic E-state index is 0.210. The minimum atomic E-state index is -0.415. The minimum Gasteiger partial charge on any atom is -0.459 e. The number of nitrogens with one attached hydrogen (secondary N) is 2. The summed E-state index contributed by atoms with van der Waals surface area (Å²) in [5, 5.41) is 3.55. The summed E-state index contributed by atoms with van der Waals surface area (Å²) in [4.78, 5) is 27.6. The molecule has 1 amide bonds. The maximum Gasteiger partial charge on any atom is 0.340 e. The van der Waals surface area contributed by atoms with Crippen molar-refractivity contribution in [2.75, 3.05) is 6.54 Å². The van der Waals surface area contributed by atoms with Crippen LogP contribution in [0, 0.1) is 13.8 Å². The molecule has 5 nitrogen and oxygen atoms in total. The molecule has 134 valence electrons. The van der Waals surface area contributed by atoms with Gasteiger partial charge in [-0.15, -0.1) is 0 Å². The second-order valence-corrected chi connectivity index (χ2v) is 6.65. The largest absolute Gasteiger partial charge is 0.459 e. The van der Waals surface area contributed by atoms with Gasteiger partial charge in [0.05, 0.1) is 11.7 Å². The Balaban J connectivity index is 2.02. The lowest BCUT2D eigenvalue weighted by molar-refractivity contribution is 0.0376. The number of aromatic amines is 1. The number of halogens is 1. The molecule has 0 atom stereocenters. The number of ether oxygens (including phenoxy) is 1. The van der Waals surface area contributed by atoms with Crippen molar-refractivity contribution in [1.82, 2.24) is 10.3 Å². The maximum atomic E-state index is 12.4. The van der Waals surface area contributed by atoms with E-state index in [0.717, 1.165) is 5.56 Å². The summed E-state index contributed by atoms with van der Waals surface area (Å²) >= 11 is 5.86. The lowest BCUT2D eigenvalue weighted by Crippen LogP contribution is -2.26. The Morgan fingerprint density at radius 1 is 1.20 bits per heavy atom. The summed E-state index contributed by atoms with van der Waals surface area (Å²) in [6.45, 7) is 7.58. The lowest BCUT2D eigenvalue weighted by Gasteiger charge is -2.08. The molecule has 0 aliphatic rings. The van der Waals surface area contributed by atoms with E-state index in [1.54, 1.807) is 27.7 Å². The van der Waals surface area contributed by atoms with Gasteiger partial charge in [0.2, 0.25) is 0 Å². The van der Waals surface area contributed by atoms with E-state index < -0.39 is 5.97 Å². The number of amides is 1. The molecule has 0 radical (unpaired) electrons. The van der Waals surface area contributed by atoms with Crippen molar-refractivity contribution in [3.8, 4) is 0 Å². The van der Waals surface area contributed by atoms with Crippen molar-refractivity contribution in [2.45, 2.75) is 40.2 Å². The Morgan fingerprint density at radius 2 is 1.84 bits per heavy atom. The van der Waals surface area contributed by atoms with E-state index >= 15 is 0 Å². The van der Waals surface area contributed by atoms with Crippen LogP contribution in [0.2, 0.25) is 5.02 Å². The van der Waals surface area contributed by atoms with E-state index in [1.165, 1.54) is 0 Å². The van der Waals surface area contributed by atoms with Crippen LogP contribution in [-0.2, 0) is 11.2 Å². The zero-order chi connectivity index (χ0) is 18.6. The van der Waals surface area contributed by atoms with Gasteiger partial charge in [0.15, 0.2) is 0 Å². The standard InChI is InChI=1S/C19H23ClN2O3/c1-11(2)25-19(24)16-12(3)17(22-13(16)4)18(23)21-10-9-14-5-7-15(20)8-6-14/h5-8,11,22H,9-10H2,1-4H3,(H,21,23). The molecule has 6 heteroatoms. The smallest absolute Gasteiger partial charge is 0.340 e. The first-order valence-electron chi connectivity index (χ1n) is 8.22. The fraction of sp³-hybridized carbons (Fsp3) is 0.368. The number of hydrogen-bond acceptors (Lipinski definition) is 3. The molecule has 0 saturated carbocycles. The summed E-state index contributed by atoms with van der Waals surface area (Å²) in [6, 6.07) is 7.50. The van der Waals surface area contributed by atoms with Gasteiger partial charge in [0, 0.05) is 17.3 Å². The highest BCUT2D eigenvalue weighted by atomic mass is 35.5. The van der Waals surface area contributed by atoms with Crippen LogP contribution < -0.4 is 5.32 Å². The molecule has 2 rings (SSSR count). The number of benzene rings is 1. The summed E-state index contributed by atoms with van der Waals surface area (Å²) < 4.78 is 5.24.